The second-order valence-corrected chi connectivity index (χ2v) is 7.90. The van der Waals surface area contributed by atoms with E-state index in [1.165, 1.54) is 17.0 Å². The Bertz CT molecular complexity index is 991. The third kappa shape index (κ3) is 3.31. The van der Waals surface area contributed by atoms with Crippen LogP contribution < -0.4 is 23.8 Å². The van der Waals surface area contributed by atoms with Gasteiger partial charge in [-0.2, -0.15) is 0 Å². The highest BCUT2D eigenvalue weighted by atomic mass is 32.2. The molecule has 0 radical (unpaired) electrons. The first-order valence-corrected chi connectivity index (χ1v) is 9.86. The van der Waals surface area contributed by atoms with E-state index >= 15 is 0 Å². The van der Waals surface area contributed by atoms with Crippen LogP contribution in [0, 0.1) is 0 Å². The van der Waals surface area contributed by atoms with Crippen LogP contribution in [-0.4, -0.2) is 47.2 Å². The maximum Gasteiger partial charge on any atom is 0.269 e. The minimum absolute atomic E-state index is 0.0313. The number of anilines is 1. The van der Waals surface area contributed by atoms with Crippen molar-refractivity contribution >= 4 is 21.6 Å². The van der Waals surface area contributed by atoms with Crippen molar-refractivity contribution in [3.63, 3.8) is 0 Å². The minimum atomic E-state index is -3.85. The van der Waals surface area contributed by atoms with E-state index in [-0.39, 0.29) is 17.3 Å². The van der Waals surface area contributed by atoms with Crippen LogP contribution >= 0.6 is 0 Å². The molecular formula is C18H18N2O6S. The van der Waals surface area contributed by atoms with Crippen LogP contribution in [0.5, 0.6) is 17.2 Å². The molecule has 2 heterocycles. The Labute approximate surface area is 156 Å². The smallest absolute Gasteiger partial charge is 0.269 e. The zero-order chi connectivity index (χ0) is 19.0. The minimum Gasteiger partial charge on any atom is -0.486 e. The van der Waals surface area contributed by atoms with E-state index in [4.69, 9.17) is 14.2 Å². The van der Waals surface area contributed by atoms with E-state index in [9.17, 15) is 13.2 Å². The summed E-state index contributed by atoms with van der Waals surface area (Å²) in [5.41, 5.74) is 0.647. The molecule has 9 heteroatoms. The second kappa shape index (κ2) is 6.75. The molecule has 2 aromatic carbocycles. The average molecular weight is 390 g/mol. The number of carbonyl (C=O) groups is 1. The van der Waals surface area contributed by atoms with E-state index in [2.05, 4.69) is 4.72 Å². The highest BCUT2D eigenvalue weighted by molar-refractivity contribution is 7.89. The predicted molar refractivity (Wildman–Crippen MR) is 96.9 cm³/mol. The maximum absolute atomic E-state index is 12.6. The molecule has 1 unspecified atom stereocenters. The Kier molecular flexibility index (Phi) is 4.40. The monoisotopic (exact) mass is 390 g/mol. The summed E-state index contributed by atoms with van der Waals surface area (Å²) in [6, 6.07) is 11.5. The molecule has 2 aromatic rings. The second-order valence-electron chi connectivity index (χ2n) is 6.13. The highest BCUT2D eigenvalue weighted by Gasteiger charge is 2.33. The predicted octanol–water partition coefficient (Wildman–Crippen LogP) is 1.16. The van der Waals surface area contributed by atoms with Crippen LogP contribution in [0.2, 0.25) is 0 Å². The van der Waals surface area contributed by atoms with Crippen LogP contribution in [0.3, 0.4) is 0 Å². The number of rotatable bonds is 4. The number of likely N-dealkylation sites (N-methyl/N-ethyl adjacent to an activating group) is 1. The Morgan fingerprint density at radius 3 is 2.63 bits per heavy atom. The zero-order valence-electron chi connectivity index (χ0n) is 14.5. The number of benzene rings is 2. The van der Waals surface area contributed by atoms with E-state index in [1.807, 2.05) is 0 Å². The fourth-order valence-corrected chi connectivity index (χ4v) is 4.01. The Balaban J connectivity index is 1.50. The van der Waals surface area contributed by atoms with Crippen molar-refractivity contribution in [2.75, 3.05) is 31.7 Å². The molecule has 2 aliphatic heterocycles. The van der Waals surface area contributed by atoms with Gasteiger partial charge in [-0.1, -0.05) is 12.1 Å². The molecule has 0 saturated heterocycles. The van der Waals surface area contributed by atoms with E-state index < -0.39 is 16.1 Å². The standard InChI is InChI=1S/C18H18N2O6S/c1-20-13-4-2-3-5-14(13)26-17(18(20)21)11-19-27(22,23)12-6-7-15-16(10-12)25-9-8-24-15/h2-7,10,17,19H,8-9,11H2,1H3. The summed E-state index contributed by atoms with van der Waals surface area (Å²) in [7, 11) is -2.22. The van der Waals surface area contributed by atoms with E-state index in [1.54, 1.807) is 37.4 Å². The summed E-state index contributed by atoms with van der Waals surface area (Å²) >= 11 is 0. The number of nitrogens with one attached hydrogen (secondary N) is 1. The lowest BCUT2D eigenvalue weighted by molar-refractivity contribution is -0.125. The molecule has 1 N–H and O–H groups in total. The van der Waals surface area contributed by atoms with Crippen LogP contribution in [0.4, 0.5) is 5.69 Å². The molecule has 1 amide bonds. The van der Waals surface area contributed by atoms with Gasteiger partial charge < -0.3 is 19.1 Å². The van der Waals surface area contributed by atoms with Gasteiger partial charge in [0.2, 0.25) is 10.0 Å². The average Bonchev–Trinajstić information content (AvgIpc) is 2.69. The zero-order valence-corrected chi connectivity index (χ0v) is 15.4. The third-order valence-corrected chi connectivity index (χ3v) is 5.81. The van der Waals surface area contributed by atoms with Crippen molar-refractivity contribution in [2.45, 2.75) is 11.0 Å². The lowest BCUT2D eigenvalue weighted by atomic mass is 10.2. The summed E-state index contributed by atoms with van der Waals surface area (Å²) in [4.78, 5) is 14.0. The van der Waals surface area contributed by atoms with Crippen molar-refractivity contribution in [3.05, 3.63) is 42.5 Å². The van der Waals surface area contributed by atoms with Crippen molar-refractivity contribution in [1.82, 2.24) is 4.72 Å². The molecule has 27 heavy (non-hydrogen) atoms. The summed E-state index contributed by atoms with van der Waals surface area (Å²) < 4.78 is 44.1. The Hall–Kier alpha value is -2.78. The number of para-hydroxylation sites is 2. The lowest BCUT2D eigenvalue weighted by Gasteiger charge is -2.31. The molecule has 8 nitrogen and oxygen atoms in total. The van der Waals surface area contributed by atoms with Gasteiger partial charge in [0.05, 0.1) is 17.1 Å². The maximum atomic E-state index is 12.6. The molecule has 0 aliphatic carbocycles. The molecule has 0 saturated carbocycles. The fraction of sp³-hybridized carbons (Fsp3) is 0.278. The summed E-state index contributed by atoms with van der Waals surface area (Å²) in [5.74, 6) is 1.09. The fourth-order valence-electron chi connectivity index (χ4n) is 2.96. The quantitative estimate of drug-likeness (QED) is 0.842. The van der Waals surface area contributed by atoms with Gasteiger partial charge in [-0.25, -0.2) is 13.1 Å². The number of ether oxygens (including phenoxy) is 3. The van der Waals surface area contributed by atoms with Crippen LogP contribution in [0.15, 0.2) is 47.4 Å². The van der Waals surface area contributed by atoms with Crippen LogP contribution in [-0.2, 0) is 14.8 Å². The first-order chi connectivity index (χ1) is 13.0. The molecular weight excluding hydrogens is 372 g/mol. The van der Waals surface area contributed by atoms with Gasteiger partial charge in [-0.15, -0.1) is 0 Å². The van der Waals surface area contributed by atoms with E-state index in [0.29, 0.717) is 36.1 Å². The number of fused-ring (bicyclic) bond motifs is 2. The largest absolute Gasteiger partial charge is 0.486 e. The molecule has 0 bridgehead atoms. The highest BCUT2D eigenvalue weighted by Crippen LogP contribution is 2.33. The Morgan fingerprint density at radius 1 is 1.07 bits per heavy atom. The van der Waals surface area contributed by atoms with Crippen molar-refractivity contribution < 1.29 is 27.4 Å². The first kappa shape index (κ1) is 17.6. The summed E-state index contributed by atoms with van der Waals surface area (Å²) in [6.07, 6.45) is -0.947. The number of sulfonamides is 1. The topological polar surface area (TPSA) is 94.2 Å². The summed E-state index contributed by atoms with van der Waals surface area (Å²) in [6.45, 7) is 0.599. The number of amides is 1. The number of nitrogens with zero attached hydrogens (tertiary/aromatic N) is 1. The third-order valence-electron chi connectivity index (χ3n) is 4.38. The number of hydrogen-bond acceptors (Lipinski definition) is 6. The van der Waals surface area contributed by atoms with Crippen molar-refractivity contribution in [1.29, 1.82) is 0 Å². The van der Waals surface area contributed by atoms with Gasteiger partial charge in [0.25, 0.3) is 5.91 Å². The first-order valence-electron chi connectivity index (χ1n) is 8.38. The van der Waals surface area contributed by atoms with Gasteiger partial charge in [0, 0.05) is 13.1 Å². The van der Waals surface area contributed by atoms with Gasteiger partial charge in [-0.3, -0.25) is 4.79 Å². The van der Waals surface area contributed by atoms with Gasteiger partial charge in [0.1, 0.15) is 19.0 Å². The van der Waals surface area contributed by atoms with Gasteiger partial charge in [0.15, 0.2) is 17.6 Å². The molecule has 2 aliphatic rings. The normalized spacial score (nSPS) is 18.6. The molecule has 1 atom stereocenters. The molecule has 142 valence electrons. The molecule has 0 fully saturated rings. The van der Waals surface area contributed by atoms with Crippen LogP contribution in [0.25, 0.3) is 0 Å². The number of hydrogen-bond donors (Lipinski definition) is 1. The SMILES string of the molecule is CN1C(=O)C(CNS(=O)(=O)c2ccc3c(c2)OCCO3)Oc2ccccc21. The molecule has 0 aromatic heterocycles. The lowest BCUT2D eigenvalue weighted by Crippen LogP contribution is -2.49. The van der Waals surface area contributed by atoms with Crippen molar-refractivity contribution in [3.8, 4) is 17.2 Å². The number of carbonyl (C=O) groups excluding carboxylic acids is 1. The Morgan fingerprint density at radius 2 is 1.81 bits per heavy atom. The summed E-state index contributed by atoms with van der Waals surface area (Å²) in [5, 5.41) is 0. The van der Waals surface area contributed by atoms with E-state index in [0.717, 1.165) is 0 Å². The van der Waals surface area contributed by atoms with Gasteiger partial charge in [-0.05, 0) is 24.3 Å². The van der Waals surface area contributed by atoms with Gasteiger partial charge >= 0.3 is 0 Å². The molecule has 4 rings (SSSR count). The van der Waals surface area contributed by atoms with Crippen LogP contribution in [0.1, 0.15) is 0 Å². The molecule has 0 spiro atoms. The van der Waals surface area contributed by atoms with Crippen molar-refractivity contribution in [2.24, 2.45) is 0 Å².